The van der Waals surface area contributed by atoms with Gasteiger partial charge >= 0.3 is 6.18 Å². The van der Waals surface area contributed by atoms with Gasteiger partial charge in [0.05, 0.1) is 5.02 Å². The zero-order valence-electron chi connectivity index (χ0n) is 19.6. The van der Waals surface area contributed by atoms with E-state index in [1.165, 1.54) is 19.3 Å². The summed E-state index contributed by atoms with van der Waals surface area (Å²) in [6.45, 7) is 0.485. The summed E-state index contributed by atoms with van der Waals surface area (Å²) >= 11 is 6.10. The number of aromatic amines is 1. The molecule has 0 aliphatic heterocycles. The highest BCUT2D eigenvalue weighted by atomic mass is 35.5. The number of alkyl halides is 3. The highest BCUT2D eigenvalue weighted by Crippen LogP contribution is 2.31. The summed E-state index contributed by atoms with van der Waals surface area (Å²) in [6.07, 6.45) is 1.84. The standard InChI is InChI=1S/C23H25ClF3N7O2/c1-13(21(35)31-12-23(25,26)27)34(8-7-33(2)22(36)14-3-4-14)18-5-6-28-20(32-18)17-11-30-19-16(17)9-15(24)10-29-19/h5-6,9-11,13-14H,3-4,7-8,12H2,1-2H3,(H,29,30)(H,31,35)/t13-/m0/s1. The number of hydrogen-bond acceptors (Lipinski definition) is 6. The molecule has 4 rings (SSSR count). The number of carbonyl (C=O) groups excluding carboxylic acids is 2. The number of pyridine rings is 1. The monoisotopic (exact) mass is 523 g/mol. The molecule has 2 amide bonds. The first kappa shape index (κ1) is 25.7. The maximum absolute atomic E-state index is 12.7. The number of aromatic nitrogens is 4. The van der Waals surface area contributed by atoms with Gasteiger partial charge in [0.2, 0.25) is 11.8 Å². The zero-order valence-corrected chi connectivity index (χ0v) is 20.4. The maximum atomic E-state index is 12.7. The van der Waals surface area contributed by atoms with Crippen LogP contribution in [0, 0.1) is 5.92 Å². The maximum Gasteiger partial charge on any atom is 0.405 e. The third-order valence-corrected chi connectivity index (χ3v) is 6.17. The van der Waals surface area contributed by atoms with E-state index in [-0.39, 0.29) is 24.9 Å². The van der Waals surface area contributed by atoms with Gasteiger partial charge in [-0.15, -0.1) is 0 Å². The van der Waals surface area contributed by atoms with Crippen LogP contribution in [0.25, 0.3) is 22.4 Å². The smallest absolute Gasteiger partial charge is 0.345 e. The van der Waals surface area contributed by atoms with Gasteiger partial charge in [-0.25, -0.2) is 15.0 Å². The Morgan fingerprint density at radius 1 is 1.28 bits per heavy atom. The molecule has 2 N–H and O–H groups in total. The first-order chi connectivity index (χ1) is 17.0. The van der Waals surface area contributed by atoms with E-state index in [4.69, 9.17) is 11.6 Å². The van der Waals surface area contributed by atoms with E-state index >= 15 is 0 Å². The number of amides is 2. The van der Waals surface area contributed by atoms with E-state index in [2.05, 4.69) is 19.9 Å². The normalized spacial score (nSPS) is 14.5. The Morgan fingerprint density at radius 3 is 2.72 bits per heavy atom. The lowest BCUT2D eigenvalue weighted by atomic mass is 10.2. The van der Waals surface area contributed by atoms with Crippen molar-refractivity contribution in [1.82, 2.24) is 30.2 Å². The van der Waals surface area contributed by atoms with Crippen LogP contribution in [0.15, 0.2) is 30.7 Å². The quantitative estimate of drug-likeness (QED) is 0.445. The number of nitrogens with zero attached hydrogens (tertiary/aromatic N) is 5. The molecule has 13 heteroatoms. The van der Waals surface area contributed by atoms with Crippen molar-refractivity contribution in [2.75, 3.05) is 31.6 Å². The molecule has 0 unspecified atom stereocenters. The lowest BCUT2D eigenvalue weighted by molar-refractivity contribution is -0.139. The van der Waals surface area contributed by atoms with Crippen LogP contribution in [-0.2, 0) is 9.59 Å². The Labute approximate surface area is 210 Å². The molecule has 1 atom stereocenters. The van der Waals surface area contributed by atoms with Gasteiger partial charge in [0, 0.05) is 55.6 Å². The van der Waals surface area contributed by atoms with E-state index in [1.54, 1.807) is 35.2 Å². The summed E-state index contributed by atoms with van der Waals surface area (Å²) in [6, 6.07) is 2.29. The van der Waals surface area contributed by atoms with E-state index in [0.29, 0.717) is 33.3 Å². The SMILES string of the molecule is C[C@@H](C(=O)NCC(F)(F)F)N(CCN(C)C(=O)C1CC1)c1ccnc(-c2c[nH]c3ncc(Cl)cc23)n1. The number of H-pyrrole nitrogens is 1. The van der Waals surface area contributed by atoms with E-state index in [9.17, 15) is 22.8 Å². The lowest BCUT2D eigenvalue weighted by Gasteiger charge is -2.31. The van der Waals surface area contributed by atoms with Gasteiger partial charge in [-0.3, -0.25) is 9.59 Å². The van der Waals surface area contributed by atoms with Crippen LogP contribution in [0.4, 0.5) is 19.0 Å². The van der Waals surface area contributed by atoms with Crippen molar-refractivity contribution in [2.45, 2.75) is 32.0 Å². The summed E-state index contributed by atoms with van der Waals surface area (Å²) in [5.41, 5.74) is 1.21. The molecule has 0 bridgehead atoms. The predicted octanol–water partition coefficient (Wildman–Crippen LogP) is 3.42. The van der Waals surface area contributed by atoms with E-state index in [1.807, 2.05) is 5.32 Å². The van der Waals surface area contributed by atoms with Gasteiger partial charge in [-0.05, 0) is 31.9 Å². The topological polar surface area (TPSA) is 107 Å². The average Bonchev–Trinajstić information content (AvgIpc) is 3.61. The van der Waals surface area contributed by atoms with Crippen LogP contribution < -0.4 is 10.2 Å². The van der Waals surface area contributed by atoms with Crippen molar-refractivity contribution < 1.29 is 22.8 Å². The number of anilines is 1. The number of hydrogen-bond donors (Lipinski definition) is 2. The Hall–Kier alpha value is -3.41. The van der Waals surface area contributed by atoms with Crippen molar-refractivity contribution in [1.29, 1.82) is 0 Å². The van der Waals surface area contributed by atoms with Crippen LogP contribution in [0.3, 0.4) is 0 Å². The summed E-state index contributed by atoms with van der Waals surface area (Å²) in [5, 5.41) is 3.05. The third-order valence-electron chi connectivity index (χ3n) is 5.96. The minimum absolute atomic E-state index is 0.00988. The Morgan fingerprint density at radius 2 is 2.03 bits per heavy atom. The second kappa shape index (κ2) is 10.3. The van der Waals surface area contributed by atoms with E-state index in [0.717, 1.165) is 12.8 Å². The summed E-state index contributed by atoms with van der Waals surface area (Å²) in [7, 11) is 1.67. The fraction of sp³-hybridized carbons (Fsp3) is 0.435. The zero-order chi connectivity index (χ0) is 26.0. The molecule has 9 nitrogen and oxygen atoms in total. The first-order valence-corrected chi connectivity index (χ1v) is 11.7. The Kier molecular flexibility index (Phi) is 7.34. The molecule has 1 aliphatic carbocycles. The minimum atomic E-state index is -4.54. The Bertz CT molecular complexity index is 1260. The highest BCUT2D eigenvalue weighted by Gasteiger charge is 2.33. The molecule has 0 aromatic carbocycles. The third kappa shape index (κ3) is 6.04. The molecule has 1 saturated carbocycles. The average molecular weight is 524 g/mol. The van der Waals surface area contributed by atoms with E-state index < -0.39 is 24.7 Å². The fourth-order valence-electron chi connectivity index (χ4n) is 3.79. The molecule has 3 heterocycles. The molecule has 0 radical (unpaired) electrons. The van der Waals surface area contributed by atoms with Gasteiger partial charge in [0.1, 0.15) is 24.1 Å². The van der Waals surface area contributed by atoms with Crippen LogP contribution in [0.1, 0.15) is 19.8 Å². The molecular weight excluding hydrogens is 499 g/mol. The largest absolute Gasteiger partial charge is 0.405 e. The molecular formula is C23H25ClF3N7O2. The van der Waals surface area contributed by atoms with Crippen molar-refractivity contribution in [3.05, 3.63) is 35.7 Å². The minimum Gasteiger partial charge on any atom is -0.345 e. The number of nitrogens with one attached hydrogen (secondary N) is 2. The van der Waals surface area contributed by atoms with Crippen LogP contribution >= 0.6 is 11.6 Å². The molecule has 1 aliphatic rings. The van der Waals surface area contributed by atoms with Crippen LogP contribution in [-0.4, -0.2) is 75.6 Å². The molecule has 3 aromatic rings. The predicted molar refractivity (Wildman–Crippen MR) is 128 cm³/mol. The fourth-order valence-corrected chi connectivity index (χ4v) is 3.95. The summed E-state index contributed by atoms with van der Waals surface area (Å²) in [5.74, 6) is -0.143. The van der Waals surface area contributed by atoms with Crippen molar-refractivity contribution in [3.63, 3.8) is 0 Å². The van der Waals surface area contributed by atoms with Gasteiger partial charge in [-0.1, -0.05) is 11.6 Å². The van der Waals surface area contributed by atoms with Crippen LogP contribution in [0.2, 0.25) is 5.02 Å². The molecule has 0 spiro atoms. The first-order valence-electron chi connectivity index (χ1n) is 11.4. The summed E-state index contributed by atoms with van der Waals surface area (Å²) in [4.78, 5) is 44.3. The highest BCUT2D eigenvalue weighted by molar-refractivity contribution is 6.31. The number of halogens is 4. The summed E-state index contributed by atoms with van der Waals surface area (Å²) < 4.78 is 38.0. The van der Waals surface area contributed by atoms with Crippen molar-refractivity contribution in [3.8, 4) is 11.4 Å². The second-order valence-corrected chi connectivity index (χ2v) is 9.16. The van der Waals surface area contributed by atoms with Crippen molar-refractivity contribution in [2.24, 2.45) is 5.92 Å². The molecule has 1 fully saturated rings. The molecule has 192 valence electrons. The van der Waals surface area contributed by atoms with Crippen molar-refractivity contribution >= 4 is 40.3 Å². The Balaban J connectivity index is 1.61. The number of likely N-dealkylation sites (N-methyl/N-ethyl adjacent to an activating group) is 1. The molecule has 3 aromatic heterocycles. The van der Waals surface area contributed by atoms with Gasteiger partial charge in [0.25, 0.3) is 0 Å². The molecule has 36 heavy (non-hydrogen) atoms. The van der Waals surface area contributed by atoms with Gasteiger partial charge < -0.3 is 20.1 Å². The van der Waals surface area contributed by atoms with Crippen LogP contribution in [0.5, 0.6) is 0 Å². The number of rotatable bonds is 9. The number of fused-ring (bicyclic) bond motifs is 1. The molecule has 0 saturated heterocycles. The number of carbonyl (C=O) groups is 2. The van der Waals surface area contributed by atoms with Gasteiger partial charge in [-0.2, -0.15) is 13.2 Å². The van der Waals surface area contributed by atoms with Gasteiger partial charge in [0.15, 0.2) is 5.82 Å². The second-order valence-electron chi connectivity index (χ2n) is 8.73. The lowest BCUT2D eigenvalue weighted by Crippen LogP contribution is -2.50.